The Morgan fingerprint density at radius 1 is 1.60 bits per heavy atom. The Labute approximate surface area is 93.0 Å². The molecule has 4 heteroatoms. The first-order valence-corrected chi connectivity index (χ1v) is 5.10. The average molecular weight is 231 g/mol. The maximum absolute atomic E-state index is 13.0. The van der Waals surface area contributed by atoms with Gasteiger partial charge in [-0.15, -0.1) is 11.6 Å². The van der Waals surface area contributed by atoms with Gasteiger partial charge < -0.3 is 4.74 Å². The van der Waals surface area contributed by atoms with Gasteiger partial charge in [0.05, 0.1) is 17.5 Å². The molecule has 1 unspecified atom stereocenters. The van der Waals surface area contributed by atoms with E-state index in [1.807, 2.05) is 0 Å². The molecular formula is C11H12ClFO2. The lowest BCUT2D eigenvalue weighted by atomic mass is 10.1. The van der Waals surface area contributed by atoms with Gasteiger partial charge in [0.2, 0.25) is 0 Å². The highest BCUT2D eigenvalue weighted by atomic mass is 35.5. The number of hydrogen-bond acceptors (Lipinski definition) is 2. The van der Waals surface area contributed by atoms with Crippen LogP contribution >= 0.6 is 11.6 Å². The molecule has 1 aromatic rings. The van der Waals surface area contributed by atoms with Crippen molar-refractivity contribution >= 4 is 17.4 Å². The lowest BCUT2D eigenvalue weighted by molar-refractivity contribution is 0.0987. The molecule has 82 valence electrons. The Hall–Kier alpha value is -1.09. The van der Waals surface area contributed by atoms with E-state index in [1.54, 1.807) is 13.8 Å². The highest BCUT2D eigenvalue weighted by Crippen LogP contribution is 2.22. The van der Waals surface area contributed by atoms with Crippen LogP contribution < -0.4 is 4.74 Å². The van der Waals surface area contributed by atoms with Crippen LogP contribution in [0.2, 0.25) is 0 Å². The van der Waals surface area contributed by atoms with Gasteiger partial charge in [0.15, 0.2) is 5.78 Å². The fourth-order valence-corrected chi connectivity index (χ4v) is 1.31. The summed E-state index contributed by atoms with van der Waals surface area (Å²) in [5.41, 5.74) is 0.194. The minimum Gasteiger partial charge on any atom is -0.493 e. The smallest absolute Gasteiger partial charge is 0.184 e. The van der Waals surface area contributed by atoms with Gasteiger partial charge in [0.25, 0.3) is 0 Å². The maximum Gasteiger partial charge on any atom is 0.184 e. The van der Waals surface area contributed by atoms with Crippen molar-refractivity contribution in [2.24, 2.45) is 0 Å². The van der Waals surface area contributed by atoms with Crippen molar-refractivity contribution in [3.8, 4) is 5.75 Å². The molecule has 0 aliphatic heterocycles. The first kappa shape index (κ1) is 12.0. The van der Waals surface area contributed by atoms with Crippen LogP contribution in [0, 0.1) is 5.82 Å². The number of carbonyl (C=O) groups is 1. The van der Waals surface area contributed by atoms with E-state index in [4.69, 9.17) is 16.3 Å². The zero-order valence-electron chi connectivity index (χ0n) is 8.59. The molecule has 0 radical (unpaired) electrons. The molecule has 0 N–H and O–H groups in total. The second-order valence-electron chi connectivity index (χ2n) is 3.05. The standard InChI is InChI=1S/C11H12ClFO2/c1-3-15-10-5-4-8(13)6-9(10)11(14)7(2)12/h4-7H,3H2,1-2H3. The van der Waals surface area contributed by atoms with Crippen LogP contribution in [0.1, 0.15) is 24.2 Å². The molecule has 2 nitrogen and oxygen atoms in total. The molecule has 0 aliphatic rings. The summed E-state index contributed by atoms with van der Waals surface area (Å²) < 4.78 is 18.2. The monoisotopic (exact) mass is 230 g/mol. The van der Waals surface area contributed by atoms with Crippen molar-refractivity contribution in [1.82, 2.24) is 0 Å². The lowest BCUT2D eigenvalue weighted by Crippen LogP contribution is -2.12. The second kappa shape index (κ2) is 5.12. The number of rotatable bonds is 4. The van der Waals surface area contributed by atoms with Gasteiger partial charge in [-0.25, -0.2) is 4.39 Å². The highest BCUT2D eigenvalue weighted by molar-refractivity contribution is 6.33. The molecule has 1 aromatic carbocycles. The van der Waals surface area contributed by atoms with Gasteiger partial charge in [0, 0.05) is 0 Å². The van der Waals surface area contributed by atoms with Gasteiger partial charge in [0.1, 0.15) is 11.6 Å². The van der Waals surface area contributed by atoms with E-state index in [0.29, 0.717) is 12.4 Å². The third-order valence-electron chi connectivity index (χ3n) is 1.87. The number of benzene rings is 1. The van der Waals surface area contributed by atoms with E-state index in [9.17, 15) is 9.18 Å². The van der Waals surface area contributed by atoms with Crippen molar-refractivity contribution in [1.29, 1.82) is 0 Å². The van der Waals surface area contributed by atoms with E-state index in [0.717, 1.165) is 6.07 Å². The van der Waals surface area contributed by atoms with E-state index >= 15 is 0 Å². The summed E-state index contributed by atoms with van der Waals surface area (Å²) in [5, 5.41) is -0.689. The molecule has 0 saturated carbocycles. The number of carbonyl (C=O) groups excluding carboxylic acids is 1. The van der Waals surface area contributed by atoms with Crippen LogP contribution in [-0.2, 0) is 0 Å². The van der Waals surface area contributed by atoms with Crippen LogP contribution in [0.5, 0.6) is 5.75 Å². The number of hydrogen-bond donors (Lipinski definition) is 0. The van der Waals surface area contributed by atoms with Crippen LogP contribution in [0.25, 0.3) is 0 Å². The number of ether oxygens (including phenoxy) is 1. The quantitative estimate of drug-likeness (QED) is 0.587. The van der Waals surface area contributed by atoms with Gasteiger partial charge in [-0.3, -0.25) is 4.79 Å². The van der Waals surface area contributed by atoms with Crippen molar-refractivity contribution in [3.05, 3.63) is 29.6 Å². The largest absolute Gasteiger partial charge is 0.493 e. The molecule has 15 heavy (non-hydrogen) atoms. The third kappa shape index (κ3) is 2.93. The minimum atomic E-state index is -0.689. The van der Waals surface area contributed by atoms with Gasteiger partial charge in [-0.1, -0.05) is 0 Å². The predicted molar refractivity (Wildman–Crippen MR) is 57.2 cm³/mol. The summed E-state index contributed by atoms with van der Waals surface area (Å²) in [6, 6.07) is 3.83. The van der Waals surface area contributed by atoms with Gasteiger partial charge >= 0.3 is 0 Å². The second-order valence-corrected chi connectivity index (χ2v) is 3.71. The fraction of sp³-hybridized carbons (Fsp3) is 0.364. The number of ketones is 1. The number of alkyl halides is 1. The minimum absolute atomic E-state index is 0.194. The molecule has 0 saturated heterocycles. The van der Waals surface area contributed by atoms with E-state index in [-0.39, 0.29) is 11.3 Å². The first-order valence-electron chi connectivity index (χ1n) is 4.67. The zero-order valence-corrected chi connectivity index (χ0v) is 9.34. The van der Waals surface area contributed by atoms with Crippen LogP contribution in [0.4, 0.5) is 4.39 Å². The average Bonchev–Trinajstić information content (AvgIpc) is 2.20. The maximum atomic E-state index is 13.0. The summed E-state index contributed by atoms with van der Waals surface area (Å²) in [7, 11) is 0. The molecule has 0 amide bonds. The zero-order chi connectivity index (χ0) is 11.4. The lowest BCUT2D eigenvalue weighted by Gasteiger charge is -2.10. The number of Topliss-reactive ketones (excluding diaryl/α,β-unsaturated/α-hetero) is 1. The Morgan fingerprint density at radius 3 is 2.80 bits per heavy atom. The molecule has 1 atom stereocenters. The highest BCUT2D eigenvalue weighted by Gasteiger charge is 2.17. The summed E-state index contributed by atoms with van der Waals surface area (Å²) in [6.07, 6.45) is 0. The Kier molecular flexibility index (Phi) is 4.09. The molecule has 1 rings (SSSR count). The fourth-order valence-electron chi connectivity index (χ4n) is 1.19. The summed E-state index contributed by atoms with van der Waals surface area (Å²) >= 11 is 5.66. The van der Waals surface area contributed by atoms with E-state index in [1.165, 1.54) is 12.1 Å². The van der Waals surface area contributed by atoms with Gasteiger partial charge in [-0.2, -0.15) is 0 Å². The van der Waals surface area contributed by atoms with Crippen molar-refractivity contribution in [2.75, 3.05) is 6.61 Å². The summed E-state index contributed by atoms with van der Waals surface area (Å²) in [4.78, 5) is 11.6. The Morgan fingerprint density at radius 2 is 2.27 bits per heavy atom. The van der Waals surface area contributed by atoms with E-state index < -0.39 is 11.2 Å². The van der Waals surface area contributed by atoms with Crippen LogP contribution in [-0.4, -0.2) is 17.8 Å². The predicted octanol–water partition coefficient (Wildman–Crippen LogP) is 3.03. The van der Waals surface area contributed by atoms with Crippen LogP contribution in [0.15, 0.2) is 18.2 Å². The molecule has 0 aromatic heterocycles. The molecule has 0 bridgehead atoms. The Bertz CT molecular complexity index is 364. The molecule has 0 aliphatic carbocycles. The summed E-state index contributed by atoms with van der Waals surface area (Å²) in [5.74, 6) is -0.435. The molecule has 0 fully saturated rings. The van der Waals surface area contributed by atoms with Crippen molar-refractivity contribution < 1.29 is 13.9 Å². The van der Waals surface area contributed by atoms with Crippen molar-refractivity contribution in [3.63, 3.8) is 0 Å². The topological polar surface area (TPSA) is 26.3 Å². The van der Waals surface area contributed by atoms with E-state index in [2.05, 4.69) is 0 Å². The molecule has 0 heterocycles. The number of halogens is 2. The van der Waals surface area contributed by atoms with Crippen molar-refractivity contribution in [2.45, 2.75) is 19.2 Å². The SMILES string of the molecule is CCOc1ccc(F)cc1C(=O)C(C)Cl. The van der Waals surface area contributed by atoms with Crippen LogP contribution in [0.3, 0.4) is 0 Å². The molecule has 0 spiro atoms. The normalized spacial score (nSPS) is 12.3. The first-order chi connectivity index (χ1) is 7.06. The summed E-state index contributed by atoms with van der Waals surface area (Å²) in [6.45, 7) is 3.76. The third-order valence-corrected chi connectivity index (χ3v) is 2.07. The molecular weight excluding hydrogens is 219 g/mol. The van der Waals surface area contributed by atoms with Gasteiger partial charge in [-0.05, 0) is 32.0 Å². The Balaban J connectivity index is 3.12.